The molecule has 3 rings (SSSR count). The number of carbonyl (C=O) groups excluding carboxylic acids is 2. The molecular weight excluding hydrogens is 382 g/mol. The number of para-hydroxylation sites is 1. The number of hydrazone groups is 1. The van der Waals surface area contributed by atoms with Crippen LogP contribution in [0.4, 0.5) is 5.69 Å². The van der Waals surface area contributed by atoms with Crippen LogP contribution >= 0.6 is 15.9 Å². The van der Waals surface area contributed by atoms with Crippen molar-refractivity contribution in [2.45, 2.75) is 13.3 Å². The van der Waals surface area contributed by atoms with Gasteiger partial charge < -0.3 is 4.90 Å². The predicted octanol–water partition coefficient (Wildman–Crippen LogP) is 3.26. The number of carbonyl (C=O) groups is 2. The lowest BCUT2D eigenvalue weighted by Gasteiger charge is -2.18. The van der Waals surface area contributed by atoms with E-state index in [1.807, 2.05) is 55.5 Å². The van der Waals surface area contributed by atoms with Gasteiger partial charge in [0.2, 0.25) is 11.8 Å². The van der Waals surface area contributed by atoms with Gasteiger partial charge in [0.15, 0.2) is 0 Å². The summed E-state index contributed by atoms with van der Waals surface area (Å²) in [6, 6.07) is 15.3. The molecule has 0 aromatic heterocycles. The van der Waals surface area contributed by atoms with E-state index < -0.39 is 5.92 Å². The first kappa shape index (κ1) is 17.4. The van der Waals surface area contributed by atoms with Gasteiger partial charge in [-0.25, -0.2) is 5.43 Å². The fraction of sp³-hybridized carbons (Fsp3) is 0.211. The summed E-state index contributed by atoms with van der Waals surface area (Å²) in [5.41, 5.74) is 5.30. The third-order valence-corrected chi connectivity index (χ3v) is 4.69. The summed E-state index contributed by atoms with van der Waals surface area (Å²) in [5, 5.41) is 3.99. The molecule has 1 aliphatic heterocycles. The lowest BCUT2D eigenvalue weighted by molar-refractivity contribution is -0.126. The van der Waals surface area contributed by atoms with Crippen molar-refractivity contribution in [2.24, 2.45) is 11.0 Å². The van der Waals surface area contributed by atoms with Gasteiger partial charge in [0.1, 0.15) is 0 Å². The molecule has 0 bridgehead atoms. The van der Waals surface area contributed by atoms with Gasteiger partial charge in [-0.05, 0) is 36.2 Å². The number of amides is 2. The molecule has 1 atom stereocenters. The summed E-state index contributed by atoms with van der Waals surface area (Å²) in [7, 11) is 0. The standard InChI is InChI=1S/C19H18BrN3O2/c1-13-4-2-3-5-17(13)23-12-15(10-18(23)24)19(25)22-21-11-14-6-8-16(20)9-7-14/h2-9,11,15H,10,12H2,1H3,(H,22,25)/b21-11-/t15-/m1/s1. The van der Waals surface area contributed by atoms with Gasteiger partial charge in [0.05, 0.1) is 12.1 Å². The van der Waals surface area contributed by atoms with E-state index in [4.69, 9.17) is 0 Å². The lowest BCUT2D eigenvalue weighted by Crippen LogP contribution is -2.30. The van der Waals surface area contributed by atoms with E-state index in [-0.39, 0.29) is 18.2 Å². The maximum atomic E-state index is 12.3. The highest BCUT2D eigenvalue weighted by Crippen LogP contribution is 2.27. The summed E-state index contributed by atoms with van der Waals surface area (Å²) < 4.78 is 0.981. The Morgan fingerprint density at radius 1 is 1.24 bits per heavy atom. The summed E-state index contributed by atoms with van der Waals surface area (Å²) in [4.78, 5) is 26.2. The number of aryl methyl sites for hydroxylation is 1. The Morgan fingerprint density at radius 3 is 2.68 bits per heavy atom. The summed E-state index contributed by atoms with van der Waals surface area (Å²) in [6.07, 6.45) is 1.79. The van der Waals surface area contributed by atoms with Crippen LogP contribution in [-0.4, -0.2) is 24.6 Å². The minimum atomic E-state index is -0.394. The van der Waals surface area contributed by atoms with Crippen molar-refractivity contribution >= 4 is 39.6 Å². The summed E-state index contributed by atoms with van der Waals surface area (Å²) in [5.74, 6) is -0.668. The third kappa shape index (κ3) is 4.14. The van der Waals surface area contributed by atoms with Crippen molar-refractivity contribution in [3.05, 3.63) is 64.1 Å². The summed E-state index contributed by atoms with van der Waals surface area (Å²) in [6.45, 7) is 2.34. The van der Waals surface area contributed by atoms with Crippen molar-refractivity contribution in [3.8, 4) is 0 Å². The van der Waals surface area contributed by atoms with E-state index in [0.29, 0.717) is 6.54 Å². The molecule has 1 heterocycles. The van der Waals surface area contributed by atoms with Gasteiger partial charge in [0.25, 0.3) is 0 Å². The van der Waals surface area contributed by atoms with Crippen LogP contribution in [-0.2, 0) is 9.59 Å². The maximum absolute atomic E-state index is 12.3. The number of halogens is 1. The molecule has 2 aromatic carbocycles. The zero-order chi connectivity index (χ0) is 17.8. The smallest absolute Gasteiger partial charge is 0.245 e. The molecule has 0 radical (unpaired) electrons. The second-order valence-corrected chi connectivity index (χ2v) is 6.89. The second-order valence-electron chi connectivity index (χ2n) is 5.98. The topological polar surface area (TPSA) is 61.8 Å². The fourth-order valence-corrected chi connectivity index (χ4v) is 3.06. The number of rotatable bonds is 4. The van der Waals surface area contributed by atoms with E-state index in [2.05, 4.69) is 26.5 Å². The van der Waals surface area contributed by atoms with Gasteiger partial charge in [-0.2, -0.15) is 5.10 Å². The molecule has 1 aliphatic rings. The monoisotopic (exact) mass is 399 g/mol. The highest BCUT2D eigenvalue weighted by atomic mass is 79.9. The molecular formula is C19H18BrN3O2. The van der Waals surface area contributed by atoms with Crippen LogP contribution in [0.15, 0.2) is 58.1 Å². The van der Waals surface area contributed by atoms with E-state index >= 15 is 0 Å². The Labute approximate surface area is 154 Å². The van der Waals surface area contributed by atoms with Gasteiger partial charge in [-0.15, -0.1) is 0 Å². The molecule has 0 unspecified atom stereocenters. The molecule has 1 N–H and O–H groups in total. The fourth-order valence-electron chi connectivity index (χ4n) is 2.79. The van der Waals surface area contributed by atoms with Crippen LogP contribution in [0.2, 0.25) is 0 Å². The SMILES string of the molecule is Cc1ccccc1N1C[C@H](C(=O)N/N=C\c2ccc(Br)cc2)CC1=O. The Hall–Kier alpha value is -2.47. The molecule has 128 valence electrons. The zero-order valence-electron chi connectivity index (χ0n) is 13.8. The molecule has 1 fully saturated rings. The van der Waals surface area contributed by atoms with Crippen molar-refractivity contribution < 1.29 is 9.59 Å². The van der Waals surface area contributed by atoms with E-state index in [0.717, 1.165) is 21.3 Å². The number of nitrogens with zero attached hydrogens (tertiary/aromatic N) is 2. The second kappa shape index (κ2) is 7.61. The zero-order valence-corrected chi connectivity index (χ0v) is 15.4. The molecule has 0 spiro atoms. The Kier molecular flexibility index (Phi) is 5.28. The van der Waals surface area contributed by atoms with Gasteiger partial charge >= 0.3 is 0 Å². The molecule has 1 saturated heterocycles. The van der Waals surface area contributed by atoms with Crippen LogP contribution in [0.25, 0.3) is 0 Å². The first-order chi connectivity index (χ1) is 12.0. The van der Waals surface area contributed by atoms with Crippen molar-refractivity contribution in [1.82, 2.24) is 5.43 Å². The minimum absolute atomic E-state index is 0.0358. The molecule has 6 heteroatoms. The average molecular weight is 400 g/mol. The molecule has 2 amide bonds. The molecule has 0 aliphatic carbocycles. The Bertz CT molecular complexity index is 818. The molecule has 0 saturated carbocycles. The van der Waals surface area contributed by atoms with Crippen LogP contribution in [0.3, 0.4) is 0 Å². The van der Waals surface area contributed by atoms with Crippen LogP contribution in [0.5, 0.6) is 0 Å². The molecule has 2 aromatic rings. The van der Waals surface area contributed by atoms with Crippen LogP contribution in [0.1, 0.15) is 17.5 Å². The van der Waals surface area contributed by atoms with Crippen molar-refractivity contribution in [3.63, 3.8) is 0 Å². The quantitative estimate of drug-likeness (QED) is 0.633. The number of benzene rings is 2. The Balaban J connectivity index is 1.61. The highest BCUT2D eigenvalue weighted by molar-refractivity contribution is 9.10. The number of hydrogen-bond donors (Lipinski definition) is 1. The third-order valence-electron chi connectivity index (χ3n) is 4.16. The molecule has 25 heavy (non-hydrogen) atoms. The van der Waals surface area contributed by atoms with Gasteiger partial charge in [-0.3, -0.25) is 9.59 Å². The highest BCUT2D eigenvalue weighted by Gasteiger charge is 2.35. The van der Waals surface area contributed by atoms with E-state index in [1.165, 1.54) is 0 Å². The van der Waals surface area contributed by atoms with Gasteiger partial charge in [0, 0.05) is 23.1 Å². The number of anilines is 1. The number of nitrogens with one attached hydrogen (secondary N) is 1. The maximum Gasteiger partial charge on any atom is 0.245 e. The van der Waals surface area contributed by atoms with Crippen molar-refractivity contribution in [2.75, 3.05) is 11.4 Å². The average Bonchev–Trinajstić information content (AvgIpc) is 2.99. The van der Waals surface area contributed by atoms with E-state index in [9.17, 15) is 9.59 Å². The van der Waals surface area contributed by atoms with Gasteiger partial charge in [-0.1, -0.05) is 46.3 Å². The Morgan fingerprint density at radius 2 is 1.96 bits per heavy atom. The normalized spacial score (nSPS) is 17.3. The minimum Gasteiger partial charge on any atom is -0.311 e. The first-order valence-electron chi connectivity index (χ1n) is 7.99. The van der Waals surface area contributed by atoms with Crippen LogP contribution in [0, 0.1) is 12.8 Å². The number of hydrogen-bond acceptors (Lipinski definition) is 3. The van der Waals surface area contributed by atoms with Crippen molar-refractivity contribution in [1.29, 1.82) is 0 Å². The molecule has 5 nitrogen and oxygen atoms in total. The van der Waals surface area contributed by atoms with Crippen LogP contribution < -0.4 is 10.3 Å². The lowest BCUT2D eigenvalue weighted by atomic mass is 10.1. The van der Waals surface area contributed by atoms with E-state index in [1.54, 1.807) is 11.1 Å². The predicted molar refractivity (Wildman–Crippen MR) is 102 cm³/mol. The largest absolute Gasteiger partial charge is 0.311 e. The summed E-state index contributed by atoms with van der Waals surface area (Å²) >= 11 is 3.37. The first-order valence-corrected chi connectivity index (χ1v) is 8.78.